The van der Waals surface area contributed by atoms with E-state index < -0.39 is 23.3 Å². The monoisotopic (exact) mass is 482 g/mol. The normalized spacial score (nSPS) is 15.1. The number of allylic oxidation sites excluding steroid dienone is 3. The molecule has 0 bridgehead atoms. The molecule has 0 heterocycles. The second-order valence-corrected chi connectivity index (χ2v) is 8.44. The first kappa shape index (κ1) is 24.7. The molecule has 0 N–H and O–H groups in total. The summed E-state index contributed by atoms with van der Waals surface area (Å²) in [5.41, 5.74) is 0.843. The number of carbonyl (C=O) groups is 3. The van der Waals surface area contributed by atoms with E-state index in [1.165, 1.54) is 6.08 Å². The van der Waals surface area contributed by atoms with Crippen molar-refractivity contribution in [1.82, 2.24) is 0 Å². The Morgan fingerprint density at radius 3 is 1.69 bits per heavy atom. The van der Waals surface area contributed by atoms with Gasteiger partial charge in [0.25, 0.3) is 0 Å². The van der Waals surface area contributed by atoms with Gasteiger partial charge in [-0.2, -0.15) is 0 Å². The van der Waals surface area contributed by atoms with Crippen LogP contribution in [-0.4, -0.2) is 17.9 Å². The van der Waals surface area contributed by atoms with Crippen molar-refractivity contribution in [2.75, 3.05) is 0 Å². The summed E-state index contributed by atoms with van der Waals surface area (Å²) in [7, 11) is 0. The molecule has 0 aromatic heterocycles. The highest BCUT2D eigenvalue weighted by Crippen LogP contribution is 2.40. The molecule has 0 atom stereocenters. The molecule has 1 aliphatic carbocycles. The molecular formula is C30H26O6. The summed E-state index contributed by atoms with van der Waals surface area (Å²) in [6, 6.07) is 27.0. The Balaban J connectivity index is 1.53. The van der Waals surface area contributed by atoms with Gasteiger partial charge < -0.3 is 14.2 Å². The molecule has 0 fully saturated rings. The average Bonchev–Trinajstić information content (AvgIpc) is 3.39. The fourth-order valence-corrected chi connectivity index (χ4v) is 3.81. The van der Waals surface area contributed by atoms with Crippen LogP contribution in [0.2, 0.25) is 0 Å². The first-order valence-electron chi connectivity index (χ1n) is 11.6. The van der Waals surface area contributed by atoms with E-state index in [9.17, 15) is 14.4 Å². The maximum Gasteiger partial charge on any atom is 0.343 e. The van der Waals surface area contributed by atoms with E-state index in [-0.39, 0.29) is 19.6 Å². The maximum atomic E-state index is 13.3. The van der Waals surface area contributed by atoms with Gasteiger partial charge in [-0.1, -0.05) is 91.0 Å². The zero-order valence-electron chi connectivity index (χ0n) is 19.9. The molecule has 0 aliphatic heterocycles. The minimum absolute atomic E-state index is 0.0161. The molecule has 3 aromatic carbocycles. The van der Waals surface area contributed by atoms with E-state index in [0.717, 1.165) is 11.1 Å². The van der Waals surface area contributed by atoms with Crippen LogP contribution in [0.1, 0.15) is 34.8 Å². The van der Waals surface area contributed by atoms with Gasteiger partial charge in [-0.05, 0) is 35.8 Å². The Bertz CT molecular complexity index is 1220. The SMILES string of the molecule is C/C(OC(=O)c1ccccc1)=C1\C=CC(C(=O)OCc2ccccc2)(C(=O)OCc2ccccc2)C1. The van der Waals surface area contributed by atoms with Gasteiger partial charge >= 0.3 is 17.9 Å². The summed E-state index contributed by atoms with van der Waals surface area (Å²) < 4.78 is 16.6. The highest BCUT2D eigenvalue weighted by molar-refractivity contribution is 6.03. The third-order valence-electron chi connectivity index (χ3n) is 5.90. The third-order valence-corrected chi connectivity index (χ3v) is 5.90. The van der Waals surface area contributed by atoms with Crippen molar-refractivity contribution in [3.8, 4) is 0 Å². The van der Waals surface area contributed by atoms with E-state index in [2.05, 4.69) is 0 Å². The summed E-state index contributed by atoms with van der Waals surface area (Å²) in [6.07, 6.45) is 3.05. The summed E-state index contributed by atoms with van der Waals surface area (Å²) in [6.45, 7) is 1.66. The number of benzene rings is 3. The van der Waals surface area contributed by atoms with E-state index in [1.54, 1.807) is 43.3 Å². The van der Waals surface area contributed by atoms with Crippen LogP contribution in [0.5, 0.6) is 0 Å². The smallest absolute Gasteiger partial charge is 0.343 e. The Morgan fingerprint density at radius 1 is 0.722 bits per heavy atom. The quantitative estimate of drug-likeness (QED) is 0.181. The second-order valence-electron chi connectivity index (χ2n) is 8.44. The summed E-state index contributed by atoms with van der Waals surface area (Å²) >= 11 is 0. The Labute approximate surface area is 209 Å². The van der Waals surface area contributed by atoms with Gasteiger partial charge in [-0.15, -0.1) is 0 Å². The van der Waals surface area contributed by atoms with Crippen LogP contribution in [-0.2, 0) is 37.0 Å². The Morgan fingerprint density at radius 2 is 1.19 bits per heavy atom. The number of hydrogen-bond acceptors (Lipinski definition) is 6. The molecule has 0 amide bonds. The molecule has 0 spiro atoms. The first-order chi connectivity index (χ1) is 17.5. The molecule has 0 radical (unpaired) electrons. The highest BCUT2D eigenvalue weighted by atomic mass is 16.6. The van der Waals surface area contributed by atoms with Gasteiger partial charge in [0.15, 0.2) is 5.41 Å². The molecule has 36 heavy (non-hydrogen) atoms. The minimum Gasteiger partial charge on any atom is -0.460 e. The molecule has 4 rings (SSSR count). The highest BCUT2D eigenvalue weighted by Gasteiger charge is 2.50. The number of rotatable bonds is 8. The van der Waals surface area contributed by atoms with Gasteiger partial charge in [-0.25, -0.2) is 4.79 Å². The van der Waals surface area contributed by atoms with Gasteiger partial charge in [0, 0.05) is 6.42 Å². The topological polar surface area (TPSA) is 78.9 Å². The number of ether oxygens (including phenoxy) is 3. The van der Waals surface area contributed by atoms with E-state index in [4.69, 9.17) is 14.2 Å². The first-order valence-corrected chi connectivity index (χ1v) is 11.6. The lowest BCUT2D eigenvalue weighted by molar-refractivity contribution is -0.169. The average molecular weight is 483 g/mol. The van der Waals surface area contributed by atoms with Crippen molar-refractivity contribution in [3.05, 3.63) is 131 Å². The Hall–Kier alpha value is -4.45. The van der Waals surface area contributed by atoms with Crippen LogP contribution in [0.15, 0.2) is 114 Å². The summed E-state index contributed by atoms with van der Waals surface area (Å²) in [5, 5.41) is 0. The second kappa shape index (κ2) is 11.3. The van der Waals surface area contributed by atoms with Gasteiger partial charge in [0.2, 0.25) is 0 Å². The molecule has 3 aromatic rings. The van der Waals surface area contributed by atoms with Crippen molar-refractivity contribution < 1.29 is 28.6 Å². The lowest BCUT2D eigenvalue weighted by atomic mass is 9.86. The molecule has 0 unspecified atom stereocenters. The van der Waals surface area contributed by atoms with Crippen LogP contribution in [0, 0.1) is 5.41 Å². The van der Waals surface area contributed by atoms with Gasteiger partial charge in [0.1, 0.15) is 19.0 Å². The van der Waals surface area contributed by atoms with Crippen LogP contribution >= 0.6 is 0 Å². The maximum absolute atomic E-state index is 13.3. The predicted octanol–water partition coefficient (Wildman–Crippen LogP) is 5.55. The van der Waals surface area contributed by atoms with Crippen LogP contribution in [0.3, 0.4) is 0 Å². The fourth-order valence-electron chi connectivity index (χ4n) is 3.81. The fraction of sp³-hybridized carbons (Fsp3) is 0.167. The lowest BCUT2D eigenvalue weighted by Gasteiger charge is -2.23. The molecule has 182 valence electrons. The summed E-state index contributed by atoms with van der Waals surface area (Å²) in [5.74, 6) is -1.67. The van der Waals surface area contributed by atoms with Crippen molar-refractivity contribution in [3.63, 3.8) is 0 Å². The molecule has 6 heteroatoms. The van der Waals surface area contributed by atoms with Crippen LogP contribution < -0.4 is 0 Å². The molecule has 0 saturated carbocycles. The van der Waals surface area contributed by atoms with E-state index >= 15 is 0 Å². The van der Waals surface area contributed by atoms with Gasteiger partial charge in [-0.3, -0.25) is 9.59 Å². The Kier molecular flexibility index (Phi) is 7.75. The van der Waals surface area contributed by atoms with Crippen molar-refractivity contribution in [2.45, 2.75) is 26.6 Å². The molecule has 0 saturated heterocycles. The zero-order chi connectivity index (χ0) is 25.4. The number of carbonyl (C=O) groups excluding carboxylic acids is 3. The third kappa shape index (κ3) is 5.78. The molecule has 6 nitrogen and oxygen atoms in total. The predicted molar refractivity (Wildman–Crippen MR) is 133 cm³/mol. The largest absolute Gasteiger partial charge is 0.460 e. The standard InChI is InChI=1S/C30H26O6/c1-22(36-27(31)25-15-9-4-10-16-25)26-17-18-30(19-26,28(32)34-20-23-11-5-2-6-12-23)29(33)35-21-24-13-7-3-8-14-24/h2-18H,19-21H2,1H3/b26-22-. The molecule has 1 aliphatic rings. The van der Waals surface area contributed by atoms with E-state index in [0.29, 0.717) is 16.9 Å². The number of esters is 3. The molecular weight excluding hydrogens is 456 g/mol. The van der Waals surface area contributed by atoms with Crippen LogP contribution in [0.4, 0.5) is 0 Å². The van der Waals surface area contributed by atoms with E-state index in [1.807, 2.05) is 60.7 Å². The van der Waals surface area contributed by atoms with Crippen molar-refractivity contribution >= 4 is 17.9 Å². The zero-order valence-corrected chi connectivity index (χ0v) is 19.9. The van der Waals surface area contributed by atoms with Crippen LogP contribution in [0.25, 0.3) is 0 Å². The lowest BCUT2D eigenvalue weighted by Crippen LogP contribution is -2.39. The minimum atomic E-state index is -1.68. The van der Waals surface area contributed by atoms with Crippen molar-refractivity contribution in [2.24, 2.45) is 5.41 Å². The van der Waals surface area contributed by atoms with Gasteiger partial charge in [0.05, 0.1) is 5.56 Å². The summed E-state index contributed by atoms with van der Waals surface area (Å²) in [4.78, 5) is 39.1. The number of hydrogen-bond donors (Lipinski definition) is 0. The van der Waals surface area contributed by atoms with Crippen molar-refractivity contribution in [1.29, 1.82) is 0 Å².